The molecule has 0 saturated carbocycles. The summed E-state index contributed by atoms with van der Waals surface area (Å²) in [5.41, 5.74) is 10.8. The summed E-state index contributed by atoms with van der Waals surface area (Å²) in [4.78, 5) is 0. The molecule has 0 saturated heterocycles. The zero-order valence-corrected chi connectivity index (χ0v) is 10.7. The zero-order chi connectivity index (χ0) is 10.5. The smallest absolute Gasteiger partial charge is 0.00558 e. The Labute approximate surface area is 96.9 Å². The van der Waals surface area contributed by atoms with Crippen molar-refractivity contribution in [3.05, 3.63) is 0 Å². The molecule has 0 fully saturated rings. The molecule has 0 bridgehead atoms. The van der Waals surface area contributed by atoms with Gasteiger partial charge >= 0.3 is 0 Å². The minimum atomic E-state index is 0.820. The van der Waals surface area contributed by atoms with Crippen LogP contribution in [0.2, 0.25) is 0 Å². The van der Waals surface area contributed by atoms with E-state index in [1.807, 2.05) is 23.5 Å². The predicted molar refractivity (Wildman–Crippen MR) is 71.2 cm³/mol. The Morgan fingerprint density at radius 2 is 1.00 bits per heavy atom. The number of hydrogen-bond acceptors (Lipinski definition) is 4. The molecule has 0 unspecified atom stereocenters. The molecular formula is C10H24N2S2. The van der Waals surface area contributed by atoms with Crippen molar-refractivity contribution in [2.75, 3.05) is 36.1 Å². The molecule has 0 aromatic rings. The van der Waals surface area contributed by atoms with Crippen LogP contribution in [0.25, 0.3) is 0 Å². The van der Waals surface area contributed by atoms with Gasteiger partial charge in [0, 0.05) is 24.6 Å². The Balaban J connectivity index is 2.78. The van der Waals surface area contributed by atoms with Crippen molar-refractivity contribution in [2.45, 2.75) is 25.7 Å². The quantitative estimate of drug-likeness (QED) is 0.538. The van der Waals surface area contributed by atoms with E-state index >= 15 is 0 Å². The summed E-state index contributed by atoms with van der Waals surface area (Å²) in [7, 11) is 0. The third-order valence-corrected chi connectivity index (χ3v) is 4.06. The monoisotopic (exact) mass is 236 g/mol. The van der Waals surface area contributed by atoms with E-state index in [2.05, 4.69) is 0 Å². The lowest BCUT2D eigenvalue weighted by Crippen LogP contribution is -2.02. The molecule has 0 atom stereocenters. The molecule has 2 nitrogen and oxygen atoms in total. The van der Waals surface area contributed by atoms with Gasteiger partial charge in [-0.1, -0.05) is 12.8 Å². The summed E-state index contributed by atoms with van der Waals surface area (Å²) in [6.07, 6.45) is 5.46. The summed E-state index contributed by atoms with van der Waals surface area (Å²) in [6.45, 7) is 1.64. The number of nitrogens with two attached hydrogens (primary N) is 2. The Hall–Kier alpha value is 0.620. The summed E-state index contributed by atoms with van der Waals surface area (Å²) < 4.78 is 0. The molecular weight excluding hydrogens is 212 g/mol. The summed E-state index contributed by atoms with van der Waals surface area (Å²) >= 11 is 3.96. The van der Waals surface area contributed by atoms with Crippen LogP contribution in [0.3, 0.4) is 0 Å². The van der Waals surface area contributed by atoms with Gasteiger partial charge in [0.25, 0.3) is 0 Å². The van der Waals surface area contributed by atoms with Crippen molar-refractivity contribution in [1.82, 2.24) is 0 Å². The first-order valence-electron chi connectivity index (χ1n) is 5.47. The van der Waals surface area contributed by atoms with Crippen LogP contribution < -0.4 is 11.5 Å². The van der Waals surface area contributed by atoms with Crippen molar-refractivity contribution in [3.8, 4) is 0 Å². The van der Waals surface area contributed by atoms with Crippen LogP contribution in [0.15, 0.2) is 0 Å². The SMILES string of the molecule is NCCSCCCCCCSCCN. The molecule has 0 rings (SSSR count). The third kappa shape index (κ3) is 12.6. The second-order valence-corrected chi connectivity index (χ2v) is 5.67. The van der Waals surface area contributed by atoms with E-state index in [1.54, 1.807) is 0 Å². The molecule has 4 heteroatoms. The van der Waals surface area contributed by atoms with E-state index < -0.39 is 0 Å². The predicted octanol–water partition coefficient (Wildman–Crippen LogP) is 1.93. The lowest BCUT2D eigenvalue weighted by Gasteiger charge is -2.01. The van der Waals surface area contributed by atoms with Gasteiger partial charge in [-0.2, -0.15) is 23.5 Å². The van der Waals surface area contributed by atoms with E-state index in [9.17, 15) is 0 Å². The largest absolute Gasteiger partial charge is 0.330 e. The maximum Gasteiger partial charge on any atom is 0.00558 e. The molecule has 0 aliphatic carbocycles. The van der Waals surface area contributed by atoms with E-state index in [0.29, 0.717) is 0 Å². The van der Waals surface area contributed by atoms with Crippen LogP contribution in [0.5, 0.6) is 0 Å². The summed E-state index contributed by atoms with van der Waals surface area (Å²) in [5, 5.41) is 0. The average Bonchev–Trinajstić information content (AvgIpc) is 2.21. The van der Waals surface area contributed by atoms with Crippen LogP contribution >= 0.6 is 23.5 Å². The lowest BCUT2D eigenvalue weighted by atomic mass is 10.2. The number of rotatable bonds is 11. The fraction of sp³-hybridized carbons (Fsp3) is 1.00. The van der Waals surface area contributed by atoms with Gasteiger partial charge in [-0.05, 0) is 24.3 Å². The minimum Gasteiger partial charge on any atom is -0.330 e. The topological polar surface area (TPSA) is 52.0 Å². The Bertz CT molecular complexity index is 90.1. The van der Waals surface area contributed by atoms with Gasteiger partial charge in [-0.25, -0.2) is 0 Å². The first-order valence-corrected chi connectivity index (χ1v) is 7.78. The molecule has 0 aromatic carbocycles. The van der Waals surface area contributed by atoms with Crippen LogP contribution in [-0.4, -0.2) is 36.1 Å². The van der Waals surface area contributed by atoms with E-state index in [-0.39, 0.29) is 0 Å². The van der Waals surface area contributed by atoms with Gasteiger partial charge in [-0.3, -0.25) is 0 Å². The van der Waals surface area contributed by atoms with E-state index in [0.717, 1.165) is 24.6 Å². The van der Waals surface area contributed by atoms with Crippen molar-refractivity contribution in [3.63, 3.8) is 0 Å². The summed E-state index contributed by atoms with van der Waals surface area (Å²) in [6, 6.07) is 0. The molecule has 0 amide bonds. The third-order valence-electron chi connectivity index (χ3n) is 1.85. The fourth-order valence-corrected chi connectivity index (χ4v) is 2.69. The van der Waals surface area contributed by atoms with Crippen LogP contribution in [-0.2, 0) is 0 Å². The Morgan fingerprint density at radius 1 is 0.571 bits per heavy atom. The van der Waals surface area contributed by atoms with Crippen LogP contribution in [0.4, 0.5) is 0 Å². The van der Waals surface area contributed by atoms with Crippen molar-refractivity contribution in [1.29, 1.82) is 0 Å². The van der Waals surface area contributed by atoms with E-state index in [1.165, 1.54) is 37.2 Å². The van der Waals surface area contributed by atoms with Crippen LogP contribution in [0.1, 0.15) is 25.7 Å². The Morgan fingerprint density at radius 3 is 1.36 bits per heavy atom. The van der Waals surface area contributed by atoms with Crippen molar-refractivity contribution < 1.29 is 0 Å². The Kier molecular flexibility index (Phi) is 14.2. The highest BCUT2D eigenvalue weighted by Gasteiger charge is 1.91. The molecule has 0 aliphatic rings. The maximum atomic E-state index is 5.40. The highest BCUT2D eigenvalue weighted by Crippen LogP contribution is 2.09. The zero-order valence-electron chi connectivity index (χ0n) is 9.04. The van der Waals surface area contributed by atoms with Crippen LogP contribution in [0, 0.1) is 0 Å². The van der Waals surface area contributed by atoms with Gasteiger partial charge in [0.15, 0.2) is 0 Å². The van der Waals surface area contributed by atoms with Gasteiger partial charge in [0.2, 0.25) is 0 Å². The number of hydrogen-bond donors (Lipinski definition) is 2. The fourth-order valence-electron chi connectivity index (χ4n) is 1.13. The molecule has 0 aromatic heterocycles. The molecule has 0 heterocycles. The molecule has 0 aliphatic heterocycles. The van der Waals surface area contributed by atoms with Gasteiger partial charge in [-0.15, -0.1) is 0 Å². The second-order valence-electron chi connectivity index (χ2n) is 3.22. The molecule has 14 heavy (non-hydrogen) atoms. The summed E-state index contributed by atoms with van der Waals surface area (Å²) in [5.74, 6) is 4.80. The standard InChI is InChI=1S/C10H24N2S2/c11-5-9-13-7-3-1-2-4-8-14-10-6-12/h1-12H2. The van der Waals surface area contributed by atoms with Crippen molar-refractivity contribution >= 4 is 23.5 Å². The molecule has 86 valence electrons. The first kappa shape index (κ1) is 14.6. The molecule has 0 radical (unpaired) electrons. The van der Waals surface area contributed by atoms with Gasteiger partial charge in [0.05, 0.1) is 0 Å². The highest BCUT2D eigenvalue weighted by atomic mass is 32.2. The van der Waals surface area contributed by atoms with Gasteiger partial charge in [0.1, 0.15) is 0 Å². The maximum absolute atomic E-state index is 5.40. The minimum absolute atomic E-state index is 0.820. The average molecular weight is 236 g/mol. The molecule has 0 spiro atoms. The van der Waals surface area contributed by atoms with Gasteiger partial charge < -0.3 is 11.5 Å². The van der Waals surface area contributed by atoms with Crippen molar-refractivity contribution in [2.24, 2.45) is 11.5 Å². The highest BCUT2D eigenvalue weighted by molar-refractivity contribution is 7.99. The normalized spacial score (nSPS) is 10.7. The second kappa shape index (κ2) is 13.6. The first-order chi connectivity index (χ1) is 6.91. The van der Waals surface area contributed by atoms with E-state index in [4.69, 9.17) is 11.5 Å². The molecule has 4 N–H and O–H groups in total. The number of unbranched alkanes of at least 4 members (excludes halogenated alkanes) is 3. The number of thioether (sulfide) groups is 2. The lowest BCUT2D eigenvalue weighted by molar-refractivity contribution is 0.711.